The third-order valence-corrected chi connectivity index (χ3v) is 2.80. The summed E-state index contributed by atoms with van der Waals surface area (Å²) in [4.78, 5) is 11.5. The Hall–Kier alpha value is -1.25. The molecule has 0 bridgehead atoms. The minimum atomic E-state index is 0.0925. The van der Waals surface area contributed by atoms with E-state index in [0.29, 0.717) is 6.54 Å². The van der Waals surface area contributed by atoms with Crippen molar-refractivity contribution in [1.82, 2.24) is 9.88 Å². The van der Waals surface area contributed by atoms with Gasteiger partial charge in [-0.2, -0.15) is 0 Å². The smallest absolute Gasteiger partial charge is 0.239 e. The molecule has 1 N–H and O–H groups in total. The number of hydrogen-bond donors (Lipinski definition) is 1. The first-order valence-corrected chi connectivity index (χ1v) is 5.46. The van der Waals surface area contributed by atoms with Gasteiger partial charge in [0.05, 0.1) is 0 Å². The maximum atomic E-state index is 11.5. The van der Waals surface area contributed by atoms with E-state index in [1.807, 2.05) is 10.8 Å². The molecular formula is C12H20N2O. The molecule has 1 rings (SSSR count). The molecule has 3 heteroatoms. The van der Waals surface area contributed by atoms with E-state index >= 15 is 0 Å². The summed E-state index contributed by atoms with van der Waals surface area (Å²) in [7, 11) is 0. The van der Waals surface area contributed by atoms with E-state index in [4.69, 9.17) is 0 Å². The van der Waals surface area contributed by atoms with Crippen molar-refractivity contribution >= 4 is 5.91 Å². The summed E-state index contributed by atoms with van der Waals surface area (Å²) in [6.45, 7) is 9.45. The molecule has 0 atom stereocenters. The van der Waals surface area contributed by atoms with Gasteiger partial charge in [-0.25, -0.2) is 0 Å². The average molecular weight is 208 g/mol. The van der Waals surface area contributed by atoms with E-state index in [1.165, 1.54) is 16.8 Å². The summed E-state index contributed by atoms with van der Waals surface area (Å²) in [6, 6.07) is 0. The van der Waals surface area contributed by atoms with Crippen molar-refractivity contribution in [3.63, 3.8) is 0 Å². The van der Waals surface area contributed by atoms with Crippen LogP contribution >= 0.6 is 0 Å². The molecule has 84 valence electrons. The summed E-state index contributed by atoms with van der Waals surface area (Å²) >= 11 is 0. The maximum Gasteiger partial charge on any atom is 0.239 e. The molecule has 0 saturated carbocycles. The molecule has 0 radical (unpaired) electrons. The van der Waals surface area contributed by atoms with Crippen LogP contribution in [0.4, 0.5) is 0 Å². The van der Waals surface area contributed by atoms with E-state index in [1.54, 1.807) is 0 Å². The van der Waals surface area contributed by atoms with Crippen molar-refractivity contribution in [2.24, 2.45) is 0 Å². The monoisotopic (exact) mass is 208 g/mol. The second kappa shape index (κ2) is 5.01. The molecule has 0 spiro atoms. The van der Waals surface area contributed by atoms with Crippen LogP contribution in [-0.4, -0.2) is 17.0 Å². The minimum Gasteiger partial charge on any atom is -0.355 e. The van der Waals surface area contributed by atoms with Crippen molar-refractivity contribution in [2.45, 2.75) is 40.7 Å². The van der Waals surface area contributed by atoms with Crippen molar-refractivity contribution in [1.29, 1.82) is 0 Å². The molecule has 1 amide bonds. The Labute approximate surface area is 91.5 Å². The highest BCUT2D eigenvalue weighted by Gasteiger charge is 2.08. The fourth-order valence-corrected chi connectivity index (χ4v) is 1.57. The van der Waals surface area contributed by atoms with E-state index in [9.17, 15) is 4.79 Å². The van der Waals surface area contributed by atoms with Crippen LogP contribution in [0.15, 0.2) is 6.20 Å². The molecule has 1 aromatic heterocycles. The van der Waals surface area contributed by atoms with E-state index in [2.05, 4.69) is 33.0 Å². The highest BCUT2D eigenvalue weighted by atomic mass is 16.1. The van der Waals surface area contributed by atoms with Gasteiger partial charge in [-0.1, -0.05) is 6.92 Å². The normalized spacial score (nSPS) is 10.4. The quantitative estimate of drug-likeness (QED) is 0.806. The van der Waals surface area contributed by atoms with Gasteiger partial charge in [-0.05, 0) is 38.3 Å². The minimum absolute atomic E-state index is 0.0925. The SMILES string of the molecule is CCCNC(=O)Cn1cc(C)c(C)c1C. The number of carbonyl (C=O) groups is 1. The van der Waals surface area contributed by atoms with Crippen LogP contribution in [0, 0.1) is 20.8 Å². The Morgan fingerprint density at radius 1 is 1.40 bits per heavy atom. The van der Waals surface area contributed by atoms with Crippen LogP contribution in [0.2, 0.25) is 0 Å². The topological polar surface area (TPSA) is 34.0 Å². The fraction of sp³-hybridized carbons (Fsp3) is 0.583. The predicted molar refractivity (Wildman–Crippen MR) is 61.9 cm³/mol. The molecule has 0 aromatic carbocycles. The number of carbonyl (C=O) groups excluding carboxylic acids is 1. The third kappa shape index (κ3) is 2.85. The molecule has 1 aromatic rings. The molecule has 0 unspecified atom stereocenters. The number of nitrogens with zero attached hydrogens (tertiary/aromatic N) is 1. The van der Waals surface area contributed by atoms with Crippen LogP contribution in [0.25, 0.3) is 0 Å². The van der Waals surface area contributed by atoms with Gasteiger partial charge in [0, 0.05) is 18.4 Å². The zero-order valence-electron chi connectivity index (χ0n) is 10.1. The van der Waals surface area contributed by atoms with Gasteiger partial charge in [-0.3, -0.25) is 4.79 Å². The number of nitrogens with one attached hydrogen (secondary N) is 1. The standard InChI is InChI=1S/C12H20N2O/c1-5-6-13-12(15)8-14-7-9(2)10(3)11(14)4/h7H,5-6,8H2,1-4H3,(H,13,15). The largest absolute Gasteiger partial charge is 0.355 e. The highest BCUT2D eigenvalue weighted by molar-refractivity contribution is 5.75. The molecule has 0 saturated heterocycles. The third-order valence-electron chi connectivity index (χ3n) is 2.80. The molecule has 0 aliphatic rings. The second-order valence-corrected chi connectivity index (χ2v) is 4.00. The van der Waals surface area contributed by atoms with Crippen molar-refractivity contribution in [2.75, 3.05) is 6.54 Å². The van der Waals surface area contributed by atoms with Crippen LogP contribution in [-0.2, 0) is 11.3 Å². The van der Waals surface area contributed by atoms with E-state index in [0.717, 1.165) is 13.0 Å². The van der Waals surface area contributed by atoms with Gasteiger partial charge in [0.15, 0.2) is 0 Å². The summed E-state index contributed by atoms with van der Waals surface area (Å²) < 4.78 is 2.01. The number of rotatable bonds is 4. The molecule has 3 nitrogen and oxygen atoms in total. The van der Waals surface area contributed by atoms with Crippen molar-refractivity contribution < 1.29 is 4.79 Å². The maximum absolute atomic E-state index is 11.5. The Kier molecular flexibility index (Phi) is 3.95. The first kappa shape index (κ1) is 11.8. The summed E-state index contributed by atoms with van der Waals surface area (Å²) in [6.07, 6.45) is 3.02. The van der Waals surface area contributed by atoms with Crippen LogP contribution in [0.1, 0.15) is 30.2 Å². The fourth-order valence-electron chi connectivity index (χ4n) is 1.57. The lowest BCUT2D eigenvalue weighted by Crippen LogP contribution is -2.28. The molecule has 0 fully saturated rings. The van der Waals surface area contributed by atoms with Gasteiger partial charge in [0.25, 0.3) is 0 Å². The van der Waals surface area contributed by atoms with Gasteiger partial charge < -0.3 is 9.88 Å². The molecule has 1 heterocycles. The van der Waals surface area contributed by atoms with Gasteiger partial charge >= 0.3 is 0 Å². The van der Waals surface area contributed by atoms with Gasteiger partial charge in [-0.15, -0.1) is 0 Å². The van der Waals surface area contributed by atoms with E-state index in [-0.39, 0.29) is 5.91 Å². The number of amides is 1. The lowest BCUT2D eigenvalue weighted by molar-refractivity contribution is -0.121. The molecule has 0 aliphatic heterocycles. The first-order valence-electron chi connectivity index (χ1n) is 5.46. The highest BCUT2D eigenvalue weighted by Crippen LogP contribution is 2.13. The molecular weight excluding hydrogens is 188 g/mol. The zero-order valence-corrected chi connectivity index (χ0v) is 10.1. The lowest BCUT2D eigenvalue weighted by atomic mass is 10.2. The summed E-state index contributed by atoms with van der Waals surface area (Å²) in [5.74, 6) is 0.0925. The van der Waals surface area contributed by atoms with Crippen molar-refractivity contribution in [3.05, 3.63) is 23.0 Å². The number of aryl methyl sites for hydroxylation is 1. The summed E-state index contributed by atoms with van der Waals surface area (Å²) in [5, 5.41) is 2.88. The number of hydrogen-bond acceptors (Lipinski definition) is 1. The Morgan fingerprint density at radius 2 is 2.07 bits per heavy atom. The van der Waals surface area contributed by atoms with Crippen molar-refractivity contribution in [3.8, 4) is 0 Å². The molecule has 15 heavy (non-hydrogen) atoms. The Bertz CT molecular complexity index is 353. The lowest BCUT2D eigenvalue weighted by Gasteiger charge is -2.07. The Morgan fingerprint density at radius 3 is 2.53 bits per heavy atom. The van der Waals surface area contributed by atoms with Crippen LogP contribution in [0.5, 0.6) is 0 Å². The van der Waals surface area contributed by atoms with Crippen LogP contribution < -0.4 is 5.32 Å². The van der Waals surface area contributed by atoms with E-state index < -0.39 is 0 Å². The zero-order chi connectivity index (χ0) is 11.4. The first-order chi connectivity index (χ1) is 7.06. The Balaban J connectivity index is 2.64. The predicted octanol–water partition coefficient (Wildman–Crippen LogP) is 1.94. The second-order valence-electron chi connectivity index (χ2n) is 4.00. The van der Waals surface area contributed by atoms with Crippen LogP contribution in [0.3, 0.4) is 0 Å². The van der Waals surface area contributed by atoms with Gasteiger partial charge in [0.1, 0.15) is 6.54 Å². The molecule has 0 aliphatic carbocycles. The average Bonchev–Trinajstić information content (AvgIpc) is 2.43. The number of aromatic nitrogens is 1. The summed E-state index contributed by atoms with van der Waals surface area (Å²) in [5.41, 5.74) is 3.70. The van der Waals surface area contributed by atoms with Gasteiger partial charge in [0.2, 0.25) is 5.91 Å².